The molecule has 1 aliphatic carbocycles. The molecule has 3 nitrogen and oxygen atoms in total. The molecule has 75 heavy (non-hydrogen) atoms. The van der Waals surface area contributed by atoms with E-state index in [0.29, 0.717) is 22.6 Å². The Morgan fingerprint density at radius 3 is 1.64 bits per heavy atom. The number of furan rings is 1. The average Bonchev–Trinajstić information content (AvgIpc) is 4.25. The third kappa shape index (κ3) is 6.82. The Kier molecular flexibility index (Phi) is 10.2. The van der Waals surface area contributed by atoms with Crippen molar-refractivity contribution in [1.29, 1.82) is 0 Å². The molecule has 2 aromatic heterocycles. The van der Waals surface area contributed by atoms with E-state index in [9.17, 15) is 0 Å². The molecule has 0 N–H and O–H groups in total. The summed E-state index contributed by atoms with van der Waals surface area (Å²) < 4.78 is 43.4. The molecule has 0 aliphatic heterocycles. The van der Waals surface area contributed by atoms with Crippen LogP contribution in [0.1, 0.15) is 48.6 Å². The number of nitrogens with zero attached hydrogens (tertiary/aromatic N) is 2. The molecule has 360 valence electrons. The van der Waals surface area contributed by atoms with Crippen molar-refractivity contribution in [2.45, 2.75) is 31.6 Å². The Bertz CT molecular complexity index is 4340. The lowest BCUT2D eigenvalue weighted by Crippen LogP contribution is -2.29. The van der Waals surface area contributed by atoms with Gasteiger partial charge < -0.3 is 14.2 Å². The monoisotopic (exact) mass is 990 g/mol. The van der Waals surface area contributed by atoms with E-state index in [1.54, 1.807) is 29.5 Å². The standard InChI is InChI=1S/C69H48F2N2OS/c1-68(2,3)45-35-38-48(39-36-45)72(56-30-16-14-28-54(56)70)58-41-53-65(67-62(58)51-27-13-19-33-61(51)75-67)64-52(69(53,46-22-6-4-7-23-46)47-24-8-5-9-25-47)42-59(66-63(64)50-26-12-18-32-60(50)74-66)73(57-31-17-15-29-55(57)71)49-37-34-43-20-10-11-21-44(43)40-49/h4-42H,1-3H3. The van der Waals surface area contributed by atoms with Crippen molar-refractivity contribution >= 4 is 98.3 Å². The SMILES string of the molecule is CC(C)(C)c1ccc(N(c2ccccc2F)c2cc3c(c4sc5ccccc5c24)-c2c(cc(N(c4ccc5ccccc5c4)c4ccccc4F)c4oc5ccccc5c24)C3(c2ccccc2)c2ccccc2)cc1. The van der Waals surface area contributed by atoms with Crippen molar-refractivity contribution in [2.75, 3.05) is 9.80 Å². The van der Waals surface area contributed by atoms with Crippen molar-refractivity contribution in [2.24, 2.45) is 0 Å². The second-order valence-corrected chi connectivity index (χ2v) is 21.7. The summed E-state index contributed by atoms with van der Waals surface area (Å²) in [6.45, 7) is 6.64. The van der Waals surface area contributed by atoms with Gasteiger partial charge in [-0.05, 0) is 117 Å². The molecule has 6 heteroatoms. The predicted molar refractivity (Wildman–Crippen MR) is 309 cm³/mol. The zero-order chi connectivity index (χ0) is 50.6. The number of hydrogen-bond acceptors (Lipinski definition) is 4. The summed E-state index contributed by atoms with van der Waals surface area (Å²) in [6.07, 6.45) is 0. The van der Waals surface area contributed by atoms with E-state index >= 15 is 8.78 Å². The summed E-state index contributed by atoms with van der Waals surface area (Å²) in [7, 11) is 0. The van der Waals surface area contributed by atoms with Crippen molar-refractivity contribution < 1.29 is 13.2 Å². The summed E-state index contributed by atoms with van der Waals surface area (Å²) in [6, 6.07) is 80.3. The van der Waals surface area contributed by atoms with E-state index in [2.05, 4.69) is 189 Å². The first-order valence-electron chi connectivity index (χ1n) is 25.5. The number of benzene rings is 11. The molecule has 0 saturated heterocycles. The van der Waals surface area contributed by atoms with Gasteiger partial charge in [0.2, 0.25) is 0 Å². The van der Waals surface area contributed by atoms with E-state index in [1.165, 1.54) is 11.6 Å². The highest BCUT2D eigenvalue weighted by Gasteiger charge is 2.50. The molecule has 0 spiro atoms. The normalized spacial score (nSPS) is 13.0. The van der Waals surface area contributed by atoms with Crippen LogP contribution in [-0.2, 0) is 10.8 Å². The zero-order valence-electron chi connectivity index (χ0n) is 41.5. The lowest BCUT2D eigenvalue weighted by Gasteiger charge is -2.36. The second kappa shape index (κ2) is 17.1. The van der Waals surface area contributed by atoms with Gasteiger partial charge in [-0.1, -0.05) is 185 Å². The topological polar surface area (TPSA) is 19.6 Å². The van der Waals surface area contributed by atoms with Crippen molar-refractivity contribution in [1.82, 2.24) is 0 Å². The maximum Gasteiger partial charge on any atom is 0.160 e. The minimum atomic E-state index is -0.991. The van der Waals surface area contributed by atoms with Gasteiger partial charge in [0.1, 0.15) is 17.2 Å². The minimum absolute atomic E-state index is 0.0971. The summed E-state index contributed by atoms with van der Waals surface area (Å²) in [5.41, 5.74) is 11.8. The molecule has 0 amide bonds. The average molecular weight is 991 g/mol. The fraction of sp³-hybridized carbons (Fsp3) is 0.0725. The number of anilines is 6. The fourth-order valence-corrected chi connectivity index (χ4v) is 13.3. The molecule has 11 aromatic carbocycles. The van der Waals surface area contributed by atoms with Gasteiger partial charge in [0.05, 0.1) is 28.2 Å². The van der Waals surface area contributed by atoms with Gasteiger partial charge in [-0.3, -0.25) is 0 Å². The van der Waals surface area contributed by atoms with Crippen molar-refractivity contribution in [3.05, 3.63) is 276 Å². The van der Waals surface area contributed by atoms with Crippen LogP contribution in [0.5, 0.6) is 0 Å². The first-order chi connectivity index (χ1) is 36.7. The largest absolute Gasteiger partial charge is 0.454 e. The maximum absolute atomic E-state index is 17.0. The van der Waals surface area contributed by atoms with E-state index < -0.39 is 5.41 Å². The van der Waals surface area contributed by atoms with Crippen LogP contribution in [-0.4, -0.2) is 0 Å². The quantitative estimate of drug-likeness (QED) is 0.151. The minimum Gasteiger partial charge on any atom is -0.454 e. The molecule has 0 fully saturated rings. The lowest BCUT2D eigenvalue weighted by molar-refractivity contribution is 0.590. The van der Waals surface area contributed by atoms with Crippen LogP contribution in [0, 0.1) is 11.6 Å². The molecule has 0 bridgehead atoms. The highest BCUT2D eigenvalue weighted by molar-refractivity contribution is 7.26. The van der Waals surface area contributed by atoms with Crippen LogP contribution in [0.3, 0.4) is 0 Å². The Morgan fingerprint density at radius 2 is 0.973 bits per heavy atom. The van der Waals surface area contributed by atoms with Gasteiger partial charge in [-0.15, -0.1) is 11.3 Å². The number of para-hydroxylation sites is 3. The predicted octanol–water partition coefficient (Wildman–Crippen LogP) is 20.0. The first-order valence-corrected chi connectivity index (χ1v) is 26.3. The Hall–Kier alpha value is -8.84. The molecule has 0 saturated carbocycles. The number of hydrogen-bond donors (Lipinski definition) is 0. The van der Waals surface area contributed by atoms with E-state index in [-0.39, 0.29) is 17.0 Å². The second-order valence-electron chi connectivity index (χ2n) is 20.6. The maximum atomic E-state index is 17.0. The van der Waals surface area contributed by atoms with Crippen LogP contribution >= 0.6 is 11.3 Å². The zero-order valence-corrected chi connectivity index (χ0v) is 42.3. The van der Waals surface area contributed by atoms with Crippen LogP contribution in [0.15, 0.2) is 241 Å². The molecule has 0 unspecified atom stereocenters. The number of rotatable bonds is 8. The number of fused-ring (bicyclic) bond motifs is 12. The first kappa shape index (κ1) is 44.8. The van der Waals surface area contributed by atoms with Gasteiger partial charge in [0.15, 0.2) is 5.58 Å². The van der Waals surface area contributed by atoms with Crippen molar-refractivity contribution in [3.8, 4) is 11.1 Å². The summed E-state index contributed by atoms with van der Waals surface area (Å²) in [5.74, 6) is -0.694. The molecule has 13 aromatic rings. The third-order valence-electron chi connectivity index (χ3n) is 15.4. The highest BCUT2D eigenvalue weighted by atomic mass is 32.1. The Labute approximate surface area is 437 Å². The van der Waals surface area contributed by atoms with Gasteiger partial charge >= 0.3 is 0 Å². The van der Waals surface area contributed by atoms with Crippen LogP contribution in [0.4, 0.5) is 42.9 Å². The van der Waals surface area contributed by atoms with Crippen LogP contribution in [0.2, 0.25) is 0 Å². The third-order valence-corrected chi connectivity index (χ3v) is 16.6. The van der Waals surface area contributed by atoms with Gasteiger partial charge in [-0.25, -0.2) is 8.78 Å². The molecule has 1 aliphatic rings. The van der Waals surface area contributed by atoms with E-state index in [0.717, 1.165) is 97.7 Å². The van der Waals surface area contributed by atoms with Crippen LogP contribution < -0.4 is 9.80 Å². The highest BCUT2D eigenvalue weighted by Crippen LogP contribution is 2.65. The molecular formula is C69H48F2N2OS. The van der Waals surface area contributed by atoms with Gasteiger partial charge in [0.25, 0.3) is 0 Å². The van der Waals surface area contributed by atoms with Gasteiger partial charge in [-0.2, -0.15) is 0 Å². The smallest absolute Gasteiger partial charge is 0.160 e. The molecule has 0 atom stereocenters. The summed E-state index contributed by atoms with van der Waals surface area (Å²) in [5, 5.41) is 6.10. The Balaban J connectivity index is 1.20. The molecule has 2 heterocycles. The fourth-order valence-electron chi connectivity index (χ4n) is 12.0. The van der Waals surface area contributed by atoms with Crippen LogP contribution in [0.25, 0.3) is 64.0 Å². The molecule has 0 radical (unpaired) electrons. The lowest BCUT2D eigenvalue weighted by atomic mass is 9.67. The van der Waals surface area contributed by atoms with E-state index in [1.807, 2.05) is 53.4 Å². The number of thiophene rings is 1. The summed E-state index contributed by atoms with van der Waals surface area (Å²) in [4.78, 5) is 4.17. The molecular weight excluding hydrogens is 943 g/mol. The van der Waals surface area contributed by atoms with Crippen molar-refractivity contribution in [3.63, 3.8) is 0 Å². The Morgan fingerprint density at radius 1 is 0.440 bits per heavy atom. The summed E-state index contributed by atoms with van der Waals surface area (Å²) >= 11 is 1.77. The van der Waals surface area contributed by atoms with E-state index in [4.69, 9.17) is 4.42 Å². The van der Waals surface area contributed by atoms with Gasteiger partial charge in [0, 0.05) is 53.4 Å². The molecule has 14 rings (SSSR count). The number of halogens is 2.